The topological polar surface area (TPSA) is 52.2 Å². The zero-order valence-corrected chi connectivity index (χ0v) is 14.5. The fourth-order valence-corrected chi connectivity index (χ4v) is 2.91. The number of pyridine rings is 1. The fourth-order valence-electron chi connectivity index (χ4n) is 2.91. The third kappa shape index (κ3) is 2.66. The molecule has 0 spiro atoms. The highest BCUT2D eigenvalue weighted by atomic mass is 16.1. The molecule has 3 heterocycles. The molecule has 124 valence electrons. The monoisotopic (exact) mass is 322 g/mol. The molecule has 0 amide bonds. The van der Waals surface area contributed by atoms with E-state index in [1.807, 2.05) is 49.7 Å². The molecule has 0 saturated carbocycles. The first-order valence-electron chi connectivity index (χ1n) is 8.30. The van der Waals surface area contributed by atoms with Gasteiger partial charge in [0, 0.05) is 12.3 Å². The van der Waals surface area contributed by atoms with Gasteiger partial charge < -0.3 is 0 Å². The highest BCUT2D eigenvalue weighted by Gasteiger charge is 2.19. The highest BCUT2D eigenvalue weighted by Crippen LogP contribution is 2.32. The van der Waals surface area contributed by atoms with Crippen LogP contribution in [0.4, 0.5) is 0 Å². The normalized spacial score (nSPS) is 12.3. The van der Waals surface area contributed by atoms with Crippen LogP contribution in [0.2, 0.25) is 0 Å². The van der Waals surface area contributed by atoms with Gasteiger partial charge in [-0.1, -0.05) is 19.1 Å². The third-order valence-corrected chi connectivity index (χ3v) is 4.14. The smallest absolute Gasteiger partial charge is 0.267 e. The molecule has 0 fully saturated rings. The number of hydrogen-bond donors (Lipinski definition) is 0. The number of hydrogen-bond acceptors (Lipinski definition) is 3. The van der Waals surface area contributed by atoms with E-state index >= 15 is 0 Å². The minimum Gasteiger partial charge on any atom is -0.268 e. The average molecular weight is 322 g/mol. The van der Waals surface area contributed by atoms with Gasteiger partial charge in [-0.3, -0.25) is 4.79 Å². The van der Waals surface area contributed by atoms with Crippen molar-refractivity contribution in [3.05, 3.63) is 58.7 Å². The van der Waals surface area contributed by atoms with Crippen molar-refractivity contribution in [2.75, 3.05) is 0 Å². The maximum atomic E-state index is 12.0. The molecule has 5 nitrogen and oxygen atoms in total. The Morgan fingerprint density at radius 3 is 2.67 bits per heavy atom. The maximum absolute atomic E-state index is 12.0. The van der Waals surface area contributed by atoms with E-state index in [9.17, 15) is 4.79 Å². The second kappa shape index (κ2) is 6.43. The third-order valence-electron chi connectivity index (χ3n) is 4.14. The molecule has 0 N–H and O–H groups in total. The molecule has 0 aromatic carbocycles. The average Bonchev–Trinajstić information content (AvgIpc) is 2.95. The summed E-state index contributed by atoms with van der Waals surface area (Å²) in [5, 5.41) is 9.35. The summed E-state index contributed by atoms with van der Waals surface area (Å²) in [5.41, 5.74) is 4.73. The van der Waals surface area contributed by atoms with Crippen LogP contribution in [0.3, 0.4) is 0 Å². The Kier molecular flexibility index (Phi) is 4.34. The van der Waals surface area contributed by atoms with Crippen molar-refractivity contribution in [2.24, 2.45) is 0 Å². The van der Waals surface area contributed by atoms with Crippen LogP contribution in [-0.2, 0) is 0 Å². The van der Waals surface area contributed by atoms with Gasteiger partial charge in [-0.25, -0.2) is 9.20 Å². The summed E-state index contributed by atoms with van der Waals surface area (Å²) in [5.74, 6) is 0. The number of rotatable bonds is 4. The molecule has 0 unspecified atom stereocenters. The Labute approximate surface area is 141 Å². The first-order valence-corrected chi connectivity index (χ1v) is 8.30. The molecule has 0 bridgehead atoms. The zero-order chi connectivity index (χ0) is 17.3. The summed E-state index contributed by atoms with van der Waals surface area (Å²) in [6.45, 7) is 8.05. The molecule has 0 aliphatic rings. The van der Waals surface area contributed by atoms with Crippen LogP contribution in [0.1, 0.15) is 45.9 Å². The van der Waals surface area contributed by atoms with Gasteiger partial charge >= 0.3 is 0 Å². The molecule has 0 atom stereocenters. The lowest BCUT2D eigenvalue weighted by Gasteiger charge is -2.11. The van der Waals surface area contributed by atoms with Gasteiger partial charge in [-0.05, 0) is 51.0 Å². The van der Waals surface area contributed by atoms with Gasteiger partial charge in [0.15, 0.2) is 0 Å². The van der Waals surface area contributed by atoms with Crippen LogP contribution in [0, 0.1) is 0 Å². The van der Waals surface area contributed by atoms with Crippen molar-refractivity contribution in [1.82, 2.24) is 19.4 Å². The van der Waals surface area contributed by atoms with Crippen LogP contribution in [-0.4, -0.2) is 19.4 Å². The lowest BCUT2D eigenvalue weighted by Crippen LogP contribution is -2.23. The first kappa shape index (κ1) is 16.2. The van der Waals surface area contributed by atoms with Gasteiger partial charge in [-0.15, -0.1) is 0 Å². The number of nitrogens with zero attached hydrogens (tertiary/aromatic N) is 4. The SMILES string of the molecule is CC=C(CC)c1nn2ccccc2c1-c1ccc(=O)n(C(C)C)n1. The fraction of sp³-hybridized carbons (Fsp3) is 0.316. The van der Waals surface area contributed by atoms with E-state index < -0.39 is 0 Å². The Morgan fingerprint density at radius 2 is 2.00 bits per heavy atom. The molecule has 3 rings (SSSR count). The van der Waals surface area contributed by atoms with E-state index in [1.165, 1.54) is 4.68 Å². The van der Waals surface area contributed by atoms with E-state index in [-0.39, 0.29) is 11.6 Å². The minimum atomic E-state index is -0.0893. The largest absolute Gasteiger partial charge is 0.268 e. The molecular weight excluding hydrogens is 300 g/mol. The Bertz CT molecular complexity index is 963. The summed E-state index contributed by atoms with van der Waals surface area (Å²) < 4.78 is 3.39. The Hall–Kier alpha value is -2.69. The van der Waals surface area contributed by atoms with E-state index in [0.29, 0.717) is 0 Å². The molecule has 0 saturated heterocycles. The van der Waals surface area contributed by atoms with Crippen molar-refractivity contribution in [3.8, 4) is 11.3 Å². The van der Waals surface area contributed by atoms with Crippen LogP contribution in [0.25, 0.3) is 22.3 Å². The number of fused-ring (bicyclic) bond motifs is 1. The summed E-state index contributed by atoms with van der Waals surface area (Å²) >= 11 is 0. The predicted molar refractivity (Wildman–Crippen MR) is 97.0 cm³/mol. The van der Waals surface area contributed by atoms with Crippen LogP contribution in [0.15, 0.2) is 47.4 Å². The van der Waals surface area contributed by atoms with Crippen molar-refractivity contribution in [3.63, 3.8) is 0 Å². The molecule has 0 aliphatic heterocycles. The van der Waals surface area contributed by atoms with Gasteiger partial charge in [-0.2, -0.15) is 10.2 Å². The minimum absolute atomic E-state index is 0.00935. The summed E-state index contributed by atoms with van der Waals surface area (Å²) in [6, 6.07) is 9.36. The molecule has 24 heavy (non-hydrogen) atoms. The molecule has 5 heteroatoms. The zero-order valence-electron chi connectivity index (χ0n) is 14.5. The van der Waals surface area contributed by atoms with Gasteiger partial charge in [0.25, 0.3) is 5.56 Å². The first-order chi connectivity index (χ1) is 11.6. The van der Waals surface area contributed by atoms with Crippen LogP contribution in [0.5, 0.6) is 0 Å². The summed E-state index contributed by atoms with van der Waals surface area (Å²) in [7, 11) is 0. The predicted octanol–water partition coefficient (Wildman–Crippen LogP) is 3.95. The van der Waals surface area contributed by atoms with Gasteiger partial charge in [0.05, 0.1) is 28.5 Å². The van der Waals surface area contributed by atoms with E-state index in [0.717, 1.165) is 34.5 Å². The van der Waals surface area contributed by atoms with E-state index in [4.69, 9.17) is 5.10 Å². The standard InChI is InChI=1S/C19H22N4O/c1-5-14(6-2)19-18(16-9-7-8-12-22(16)21-19)15-10-11-17(24)23(20-15)13(3)4/h5,7-13H,6H2,1-4H3. The molecule has 3 aromatic rings. The molecule has 0 aliphatic carbocycles. The van der Waals surface area contributed by atoms with Crippen molar-refractivity contribution in [2.45, 2.75) is 40.2 Å². The second-order valence-electron chi connectivity index (χ2n) is 6.02. The van der Waals surface area contributed by atoms with Crippen LogP contribution >= 0.6 is 0 Å². The molecular formula is C19H22N4O. The number of aromatic nitrogens is 4. The molecule has 3 aromatic heterocycles. The van der Waals surface area contributed by atoms with Gasteiger partial charge in [0.1, 0.15) is 0 Å². The van der Waals surface area contributed by atoms with Crippen molar-refractivity contribution in [1.29, 1.82) is 0 Å². The van der Waals surface area contributed by atoms with E-state index in [1.54, 1.807) is 12.1 Å². The summed E-state index contributed by atoms with van der Waals surface area (Å²) in [4.78, 5) is 12.0. The Balaban J connectivity index is 2.34. The lowest BCUT2D eigenvalue weighted by molar-refractivity contribution is 0.505. The second-order valence-corrected chi connectivity index (χ2v) is 6.02. The number of allylic oxidation sites excluding steroid dienone is 2. The quantitative estimate of drug-likeness (QED) is 0.731. The highest BCUT2D eigenvalue weighted by molar-refractivity contribution is 5.88. The van der Waals surface area contributed by atoms with E-state index in [2.05, 4.69) is 18.1 Å². The van der Waals surface area contributed by atoms with Gasteiger partial charge in [0.2, 0.25) is 0 Å². The Morgan fingerprint density at radius 1 is 1.21 bits per heavy atom. The molecule has 0 radical (unpaired) electrons. The summed E-state index contributed by atoms with van der Waals surface area (Å²) in [6.07, 6.45) is 4.91. The van der Waals surface area contributed by atoms with Crippen molar-refractivity contribution >= 4 is 11.1 Å². The van der Waals surface area contributed by atoms with Crippen molar-refractivity contribution < 1.29 is 0 Å². The van der Waals surface area contributed by atoms with Crippen LogP contribution < -0.4 is 5.56 Å². The lowest BCUT2D eigenvalue weighted by atomic mass is 10.0. The maximum Gasteiger partial charge on any atom is 0.267 e.